The second kappa shape index (κ2) is 13.2. The molecule has 2 N–H and O–H groups in total. The largest absolute Gasteiger partial charge is 0.325 e. The minimum absolute atomic E-state index is 0.0254. The molecule has 0 aromatic heterocycles. The van der Waals surface area contributed by atoms with Gasteiger partial charge in [0.25, 0.3) is 0 Å². The van der Waals surface area contributed by atoms with E-state index in [1.807, 2.05) is 18.2 Å². The van der Waals surface area contributed by atoms with Crippen molar-refractivity contribution in [3.05, 3.63) is 88.7 Å². The zero-order valence-electron chi connectivity index (χ0n) is 22.6. The molecule has 1 unspecified atom stereocenters. The van der Waals surface area contributed by atoms with Crippen molar-refractivity contribution in [2.45, 2.75) is 57.5 Å². The smallest absolute Gasteiger partial charge is 0.238 e. The molecule has 204 valence electrons. The second-order valence-electron chi connectivity index (χ2n) is 10.3. The van der Waals surface area contributed by atoms with Crippen LogP contribution in [0.2, 0.25) is 5.02 Å². The number of piperidine rings is 1. The van der Waals surface area contributed by atoms with Crippen LogP contribution in [-0.2, 0) is 10.3 Å². The van der Waals surface area contributed by atoms with E-state index in [4.69, 9.17) is 11.6 Å². The van der Waals surface area contributed by atoms with E-state index in [0.717, 1.165) is 49.0 Å². The van der Waals surface area contributed by atoms with Gasteiger partial charge in [0.2, 0.25) is 5.91 Å². The lowest BCUT2D eigenvalue weighted by Crippen LogP contribution is -2.54. The lowest BCUT2D eigenvalue weighted by molar-refractivity contribution is -0.116. The molecule has 0 aliphatic carbocycles. The molecule has 3 aromatic rings. The number of likely N-dealkylation sites (tertiary alicyclic amines) is 1. The monoisotopic (exact) mass is 546 g/mol. The number of nitrogens with one attached hydrogen (secondary N) is 2. The van der Waals surface area contributed by atoms with Gasteiger partial charge in [0, 0.05) is 30.4 Å². The van der Waals surface area contributed by atoms with E-state index in [1.54, 1.807) is 6.07 Å². The fourth-order valence-corrected chi connectivity index (χ4v) is 5.78. The van der Waals surface area contributed by atoms with Crippen LogP contribution in [0.15, 0.2) is 66.7 Å². The molecule has 0 spiro atoms. The number of hydrogen-bond acceptors (Lipinski definition) is 4. The molecule has 7 heteroatoms. The van der Waals surface area contributed by atoms with Crippen LogP contribution in [0, 0.1) is 17.1 Å². The summed E-state index contributed by atoms with van der Waals surface area (Å²) < 4.78 is 13.5. The molecular weight excluding hydrogens is 511 g/mol. The third kappa shape index (κ3) is 7.05. The fraction of sp³-hybridized carbons (Fsp3) is 0.375. The van der Waals surface area contributed by atoms with E-state index in [-0.39, 0.29) is 23.0 Å². The summed E-state index contributed by atoms with van der Waals surface area (Å²) >= 11 is 5.88. The first-order valence-corrected chi connectivity index (χ1v) is 14.1. The molecule has 4 rings (SSSR count). The third-order valence-electron chi connectivity index (χ3n) is 7.81. The van der Waals surface area contributed by atoms with Gasteiger partial charge < -0.3 is 10.2 Å². The van der Waals surface area contributed by atoms with Crippen LogP contribution < -0.4 is 10.6 Å². The van der Waals surface area contributed by atoms with Gasteiger partial charge in [0.1, 0.15) is 5.82 Å². The Kier molecular flexibility index (Phi) is 9.74. The van der Waals surface area contributed by atoms with Crippen molar-refractivity contribution in [1.82, 2.24) is 10.2 Å². The maximum atomic E-state index is 13.5. The van der Waals surface area contributed by atoms with Crippen LogP contribution in [0.25, 0.3) is 11.1 Å². The van der Waals surface area contributed by atoms with Gasteiger partial charge in [-0.1, -0.05) is 68.3 Å². The Hall–Kier alpha value is -3.24. The Labute approximate surface area is 236 Å². The molecule has 3 aromatic carbocycles. The molecular formula is C32H36ClFN4O. The summed E-state index contributed by atoms with van der Waals surface area (Å²) in [6.07, 6.45) is 5.25. The molecule has 1 fully saturated rings. The Morgan fingerprint density at radius 1 is 1.08 bits per heavy atom. The number of nitrogens with zero attached hydrogens (tertiary/aromatic N) is 2. The van der Waals surface area contributed by atoms with Crippen molar-refractivity contribution < 1.29 is 9.18 Å². The predicted octanol–water partition coefficient (Wildman–Crippen LogP) is 7.12. The number of benzene rings is 3. The number of rotatable bonds is 10. The van der Waals surface area contributed by atoms with Gasteiger partial charge >= 0.3 is 0 Å². The molecule has 1 aliphatic heterocycles. The molecule has 1 heterocycles. The van der Waals surface area contributed by atoms with Gasteiger partial charge in [-0.25, -0.2) is 4.39 Å². The van der Waals surface area contributed by atoms with Crippen LogP contribution in [0.1, 0.15) is 57.1 Å². The van der Waals surface area contributed by atoms with E-state index in [2.05, 4.69) is 59.7 Å². The van der Waals surface area contributed by atoms with Gasteiger partial charge in [0.15, 0.2) is 0 Å². The zero-order chi connectivity index (χ0) is 27.8. The predicted molar refractivity (Wildman–Crippen MR) is 156 cm³/mol. The number of carbonyl (C=O) groups is 1. The zero-order valence-corrected chi connectivity index (χ0v) is 23.4. The normalized spacial score (nSPS) is 15.9. The number of amides is 1. The molecule has 1 amide bonds. The van der Waals surface area contributed by atoms with Crippen LogP contribution in [-0.4, -0.2) is 36.5 Å². The van der Waals surface area contributed by atoms with Crippen molar-refractivity contribution in [3.8, 4) is 17.2 Å². The number of halogens is 2. The molecule has 0 saturated carbocycles. The SMILES string of the molecule is CCCC(CC)N1CCC(NCC(=O)Nc2ccc(F)c(Cl)c2)(c2ccc(-c3cccc(C#N)c3)cc2)CC1. The van der Waals surface area contributed by atoms with Crippen LogP contribution in [0.3, 0.4) is 0 Å². The highest BCUT2D eigenvalue weighted by Gasteiger charge is 2.37. The summed E-state index contributed by atoms with van der Waals surface area (Å²) in [5.74, 6) is -0.725. The first-order valence-electron chi connectivity index (χ1n) is 13.7. The van der Waals surface area contributed by atoms with Crippen molar-refractivity contribution in [2.24, 2.45) is 0 Å². The Balaban J connectivity index is 1.53. The van der Waals surface area contributed by atoms with Crippen LogP contribution >= 0.6 is 11.6 Å². The molecule has 5 nitrogen and oxygen atoms in total. The maximum absolute atomic E-state index is 13.5. The summed E-state index contributed by atoms with van der Waals surface area (Å²) in [5, 5.41) is 15.7. The molecule has 39 heavy (non-hydrogen) atoms. The van der Waals surface area contributed by atoms with Crippen molar-refractivity contribution in [3.63, 3.8) is 0 Å². The number of carbonyl (C=O) groups excluding carboxylic acids is 1. The Morgan fingerprint density at radius 2 is 1.82 bits per heavy atom. The molecule has 0 bridgehead atoms. The van der Waals surface area contributed by atoms with Gasteiger partial charge in [-0.3, -0.25) is 10.1 Å². The van der Waals surface area contributed by atoms with E-state index >= 15 is 0 Å². The fourth-order valence-electron chi connectivity index (χ4n) is 5.60. The average Bonchev–Trinajstić information content (AvgIpc) is 2.97. The topological polar surface area (TPSA) is 68.2 Å². The third-order valence-corrected chi connectivity index (χ3v) is 8.10. The second-order valence-corrected chi connectivity index (χ2v) is 10.7. The summed E-state index contributed by atoms with van der Waals surface area (Å²) in [4.78, 5) is 15.5. The highest BCUT2D eigenvalue weighted by Crippen LogP contribution is 2.36. The lowest BCUT2D eigenvalue weighted by Gasteiger charge is -2.45. The first kappa shape index (κ1) is 28.8. The Morgan fingerprint density at radius 3 is 2.46 bits per heavy atom. The number of anilines is 1. The summed E-state index contributed by atoms with van der Waals surface area (Å²) in [5.41, 5.74) is 3.93. The van der Waals surface area contributed by atoms with Gasteiger partial charge in [0.05, 0.1) is 23.2 Å². The maximum Gasteiger partial charge on any atom is 0.238 e. The molecule has 0 radical (unpaired) electrons. The molecule has 1 aliphatic rings. The van der Waals surface area contributed by atoms with Crippen molar-refractivity contribution in [1.29, 1.82) is 5.26 Å². The van der Waals surface area contributed by atoms with Crippen molar-refractivity contribution >= 4 is 23.2 Å². The summed E-state index contributed by atoms with van der Waals surface area (Å²) in [6.45, 7) is 6.51. The highest BCUT2D eigenvalue weighted by atomic mass is 35.5. The molecule has 1 saturated heterocycles. The quantitative estimate of drug-likeness (QED) is 0.284. The van der Waals surface area contributed by atoms with Gasteiger partial charge in [-0.05, 0) is 72.7 Å². The number of hydrogen-bond donors (Lipinski definition) is 2. The van der Waals surface area contributed by atoms with E-state index in [9.17, 15) is 14.4 Å². The van der Waals surface area contributed by atoms with Gasteiger partial charge in [-0.2, -0.15) is 5.26 Å². The standard InChI is InChI=1S/C32H36ClFN4O/c1-3-6-28(4-2)38-17-15-32(16-18-38,36-22-31(39)37-27-13-14-30(34)29(33)20-27)26-11-9-24(10-12-26)25-8-5-7-23(19-25)21-35/h5,7-14,19-20,28,36H,3-4,6,15-18,22H2,1-2H3,(H,37,39). The van der Waals surface area contributed by atoms with Crippen molar-refractivity contribution in [2.75, 3.05) is 25.0 Å². The summed E-state index contributed by atoms with van der Waals surface area (Å²) in [6, 6.07) is 23.0. The van der Waals surface area contributed by atoms with Gasteiger partial charge in [-0.15, -0.1) is 0 Å². The van der Waals surface area contributed by atoms with Crippen LogP contribution in [0.5, 0.6) is 0 Å². The minimum Gasteiger partial charge on any atom is -0.325 e. The van der Waals surface area contributed by atoms with E-state index < -0.39 is 5.82 Å². The van der Waals surface area contributed by atoms with E-state index in [0.29, 0.717) is 17.3 Å². The molecule has 1 atom stereocenters. The minimum atomic E-state index is -0.519. The summed E-state index contributed by atoms with van der Waals surface area (Å²) in [7, 11) is 0. The first-order chi connectivity index (χ1) is 18.9. The lowest BCUT2D eigenvalue weighted by atomic mass is 9.79. The van der Waals surface area contributed by atoms with Crippen LogP contribution in [0.4, 0.5) is 10.1 Å². The number of nitriles is 1. The average molecular weight is 547 g/mol. The Bertz CT molecular complexity index is 1310. The highest BCUT2D eigenvalue weighted by molar-refractivity contribution is 6.31. The van der Waals surface area contributed by atoms with E-state index in [1.165, 1.54) is 31.0 Å².